The highest BCUT2D eigenvalue weighted by Crippen LogP contribution is 2.33. The Hall–Kier alpha value is -4.89. The van der Waals surface area contributed by atoms with Crippen LogP contribution in [0.1, 0.15) is 19.5 Å². The molecule has 2 amide bonds. The minimum absolute atomic E-state index is 0.0577. The number of nitrogens with zero attached hydrogens (tertiary/aromatic N) is 4. The number of aryl methyl sites for hydroxylation is 1. The smallest absolute Gasteiger partial charge is 0.418 e. The van der Waals surface area contributed by atoms with Crippen molar-refractivity contribution in [2.45, 2.75) is 31.5 Å². The fourth-order valence-corrected chi connectivity index (χ4v) is 5.33. The molecule has 20 heteroatoms. The summed E-state index contributed by atoms with van der Waals surface area (Å²) in [4.78, 5) is 46.9. The minimum atomic E-state index is -5.02. The van der Waals surface area contributed by atoms with E-state index in [9.17, 15) is 27.9 Å². The molecule has 0 radical (unpaired) electrons. The standard InChI is InChI=1S/C27H32N8O10S2/c1-27(2)22(24(37)35(27)45-47(40,41)42)32-23(36)21(18-14-46-26(29)31-18)33-44-19(25(38)39)13-43-17-6-4-15(5-7-17)16-8-11-34(3)20(12-16)30-10-9-28/h4-8,11-12,14,19,22H,9-10,13,28H2,1-3H3,(H5,29,31,32,36,38,39,40,41,42)/p+1/b33-21-/t19?,22-/m1/s1. The summed E-state index contributed by atoms with van der Waals surface area (Å²) >= 11 is 0.958. The lowest BCUT2D eigenvalue weighted by Crippen LogP contribution is -2.76. The molecule has 0 spiro atoms. The van der Waals surface area contributed by atoms with Gasteiger partial charge in [-0.15, -0.1) is 15.6 Å². The topological polar surface area (TPSA) is 262 Å². The highest BCUT2D eigenvalue weighted by molar-refractivity contribution is 7.80. The molecule has 3 heterocycles. The number of carbonyl (C=O) groups excluding carboxylic acids is 2. The molecule has 1 aliphatic heterocycles. The van der Waals surface area contributed by atoms with Crippen molar-refractivity contribution >= 4 is 56.2 Å². The molecule has 2 atom stereocenters. The molecule has 1 saturated heterocycles. The van der Waals surface area contributed by atoms with Crippen LogP contribution in [0.15, 0.2) is 53.1 Å². The molecule has 1 unspecified atom stereocenters. The Labute approximate surface area is 272 Å². The van der Waals surface area contributed by atoms with Gasteiger partial charge in [-0.2, -0.15) is 13.5 Å². The number of aromatic nitrogens is 2. The van der Waals surface area contributed by atoms with Gasteiger partial charge in [0, 0.05) is 18.0 Å². The number of thiazole rings is 1. The van der Waals surface area contributed by atoms with Crippen LogP contribution in [0.25, 0.3) is 11.1 Å². The van der Waals surface area contributed by atoms with Crippen molar-refractivity contribution in [3.8, 4) is 16.9 Å². The van der Waals surface area contributed by atoms with E-state index >= 15 is 0 Å². The number of oxime groups is 1. The van der Waals surface area contributed by atoms with Crippen molar-refractivity contribution in [2.75, 3.05) is 30.7 Å². The molecule has 18 nitrogen and oxygen atoms in total. The van der Waals surface area contributed by atoms with Gasteiger partial charge in [0.2, 0.25) is 0 Å². The van der Waals surface area contributed by atoms with Crippen molar-refractivity contribution in [3.63, 3.8) is 0 Å². The zero-order valence-electron chi connectivity index (χ0n) is 25.3. The number of hydroxylamine groups is 2. The molecule has 0 bridgehead atoms. The number of ether oxygens (including phenoxy) is 1. The van der Waals surface area contributed by atoms with Crippen molar-refractivity contribution in [1.82, 2.24) is 15.4 Å². The van der Waals surface area contributed by atoms with Crippen LogP contribution < -0.4 is 31.4 Å². The summed E-state index contributed by atoms with van der Waals surface area (Å²) < 4.78 is 43.0. The highest BCUT2D eigenvalue weighted by atomic mass is 32.3. The van der Waals surface area contributed by atoms with Crippen molar-refractivity contribution < 1.29 is 50.9 Å². The molecule has 1 aliphatic rings. The van der Waals surface area contributed by atoms with E-state index in [1.807, 2.05) is 29.9 Å². The number of benzene rings is 1. The van der Waals surface area contributed by atoms with Crippen LogP contribution in [0.5, 0.6) is 5.75 Å². The third-order valence-electron chi connectivity index (χ3n) is 6.84. The SMILES string of the molecule is C[n+]1ccc(-c2ccc(OCC(O/N=C(\C(=O)N[C@@H]3C(=O)N(OS(=O)(=O)O)C3(C)C)c3csc(N)n3)C(=O)O)cc2)cc1NCCN. The number of rotatable bonds is 15. The third kappa shape index (κ3) is 8.48. The highest BCUT2D eigenvalue weighted by Gasteiger charge is 2.58. The molecule has 4 rings (SSSR count). The molecular weight excluding hydrogens is 660 g/mol. The summed E-state index contributed by atoms with van der Waals surface area (Å²) in [6, 6.07) is 9.48. The summed E-state index contributed by atoms with van der Waals surface area (Å²) in [6.07, 6.45) is 0.222. The largest absolute Gasteiger partial charge is 0.489 e. The van der Waals surface area contributed by atoms with Crippen molar-refractivity contribution in [2.24, 2.45) is 17.9 Å². The van der Waals surface area contributed by atoms with E-state index in [-0.39, 0.29) is 10.8 Å². The maximum absolute atomic E-state index is 13.2. The van der Waals surface area contributed by atoms with E-state index in [0.29, 0.717) is 23.9 Å². The quantitative estimate of drug-likeness (QED) is 0.0392. The zero-order chi connectivity index (χ0) is 34.5. The van der Waals surface area contributed by atoms with Gasteiger partial charge in [-0.1, -0.05) is 17.3 Å². The van der Waals surface area contributed by atoms with E-state index in [0.717, 1.165) is 28.3 Å². The molecular formula is C27H33N8O10S2+. The third-order valence-corrected chi connectivity index (χ3v) is 7.85. The number of amides is 2. The lowest BCUT2D eigenvalue weighted by Gasteiger charge is -2.50. The zero-order valence-corrected chi connectivity index (χ0v) is 26.9. The number of β-lactam (4-membered cyclic amide) rings is 1. The van der Waals surface area contributed by atoms with Gasteiger partial charge in [0.25, 0.3) is 23.7 Å². The second kappa shape index (κ2) is 14.3. The van der Waals surface area contributed by atoms with Gasteiger partial charge in [-0.25, -0.2) is 14.3 Å². The fourth-order valence-electron chi connectivity index (χ4n) is 4.32. The van der Waals surface area contributed by atoms with Crippen LogP contribution in [0.2, 0.25) is 0 Å². The molecule has 8 N–H and O–H groups in total. The molecule has 0 aliphatic carbocycles. The fraction of sp³-hybridized carbons (Fsp3) is 0.333. The number of carboxylic acid groups (broad SMARTS) is 1. The summed E-state index contributed by atoms with van der Waals surface area (Å²) in [5.74, 6) is -2.26. The average Bonchev–Trinajstić information content (AvgIpc) is 3.44. The molecule has 3 aromatic rings. The first kappa shape index (κ1) is 35.0. The maximum atomic E-state index is 13.2. The number of anilines is 2. The molecule has 1 aromatic carbocycles. The number of nitrogens with two attached hydrogens (primary N) is 2. The number of nitrogen functional groups attached to an aromatic ring is 1. The Kier molecular flexibility index (Phi) is 10.6. The van der Waals surface area contributed by atoms with Crippen LogP contribution in [0.4, 0.5) is 10.9 Å². The summed E-state index contributed by atoms with van der Waals surface area (Å²) in [6.45, 7) is 3.31. The van der Waals surface area contributed by atoms with Gasteiger partial charge in [-0.3, -0.25) is 19.5 Å². The van der Waals surface area contributed by atoms with Crippen LogP contribution in [-0.4, -0.2) is 89.0 Å². The first-order valence-electron chi connectivity index (χ1n) is 13.8. The molecule has 47 heavy (non-hydrogen) atoms. The Balaban J connectivity index is 1.45. The summed E-state index contributed by atoms with van der Waals surface area (Å²) in [5.41, 5.74) is 11.1. The van der Waals surface area contributed by atoms with Crippen molar-refractivity contribution in [1.29, 1.82) is 0 Å². The van der Waals surface area contributed by atoms with Gasteiger partial charge in [0.05, 0.1) is 25.3 Å². The molecule has 2 aromatic heterocycles. The molecule has 1 fully saturated rings. The predicted octanol–water partition coefficient (Wildman–Crippen LogP) is -0.320. The Morgan fingerprint density at radius 3 is 2.51 bits per heavy atom. The number of aliphatic carboxylic acids is 1. The van der Waals surface area contributed by atoms with Gasteiger partial charge in [0.15, 0.2) is 10.8 Å². The van der Waals surface area contributed by atoms with Crippen molar-refractivity contribution in [3.05, 3.63) is 53.7 Å². The second-order valence-electron chi connectivity index (χ2n) is 10.6. The number of carbonyl (C=O) groups is 3. The summed E-state index contributed by atoms with van der Waals surface area (Å²) in [5, 5.41) is 20.9. The van der Waals surface area contributed by atoms with E-state index in [1.165, 1.54) is 19.2 Å². The normalized spacial score (nSPS) is 16.6. The summed E-state index contributed by atoms with van der Waals surface area (Å²) in [7, 11) is -3.11. The number of pyridine rings is 1. The molecule has 252 valence electrons. The average molecular weight is 694 g/mol. The first-order valence-corrected chi connectivity index (χ1v) is 16.0. The minimum Gasteiger partial charge on any atom is -0.489 e. The van der Waals surface area contributed by atoms with Crippen LogP contribution in [0.3, 0.4) is 0 Å². The van der Waals surface area contributed by atoms with E-state index in [1.54, 1.807) is 24.3 Å². The predicted molar refractivity (Wildman–Crippen MR) is 167 cm³/mol. The number of nitrogens with one attached hydrogen (secondary N) is 2. The van der Waals surface area contributed by atoms with Crippen LogP contribution in [-0.2, 0) is 41.0 Å². The van der Waals surface area contributed by atoms with Gasteiger partial charge in [-0.05, 0) is 43.2 Å². The second-order valence-corrected chi connectivity index (χ2v) is 12.5. The van der Waals surface area contributed by atoms with Crippen LogP contribution >= 0.6 is 11.3 Å². The van der Waals surface area contributed by atoms with E-state index in [2.05, 4.69) is 25.1 Å². The Bertz CT molecular complexity index is 1780. The van der Waals surface area contributed by atoms with E-state index < -0.39 is 58.2 Å². The Morgan fingerprint density at radius 1 is 1.23 bits per heavy atom. The van der Waals surface area contributed by atoms with E-state index in [4.69, 9.17) is 25.6 Å². The lowest BCUT2D eigenvalue weighted by atomic mass is 9.84. The van der Waals surface area contributed by atoms with Crippen LogP contribution in [0, 0.1) is 0 Å². The van der Waals surface area contributed by atoms with Gasteiger partial charge >= 0.3 is 16.4 Å². The number of carboxylic acids is 1. The monoisotopic (exact) mass is 693 g/mol. The van der Waals surface area contributed by atoms with Gasteiger partial charge in [0.1, 0.15) is 24.1 Å². The number of hydrogen-bond donors (Lipinski definition) is 6. The molecule has 0 saturated carbocycles. The first-order chi connectivity index (χ1) is 22.1. The Morgan fingerprint density at radius 2 is 1.94 bits per heavy atom. The number of hydrogen-bond acceptors (Lipinski definition) is 14. The lowest BCUT2D eigenvalue weighted by molar-refractivity contribution is -0.657. The maximum Gasteiger partial charge on any atom is 0.418 e. The van der Waals surface area contributed by atoms with Gasteiger partial charge < -0.3 is 31.5 Å².